The third kappa shape index (κ3) is 5.71. The Balaban J connectivity index is 1.36. The summed E-state index contributed by atoms with van der Waals surface area (Å²) < 4.78 is 7.52. The van der Waals surface area contributed by atoms with Gasteiger partial charge in [0, 0.05) is 39.5 Å². The van der Waals surface area contributed by atoms with Gasteiger partial charge in [0.25, 0.3) is 0 Å². The van der Waals surface area contributed by atoms with Crippen molar-refractivity contribution in [3.8, 4) is 5.75 Å². The predicted molar refractivity (Wildman–Crippen MR) is 112 cm³/mol. The second-order valence-corrected chi connectivity index (χ2v) is 7.12. The molecular weight excluding hydrogens is 352 g/mol. The molecule has 1 aromatic carbocycles. The summed E-state index contributed by atoms with van der Waals surface area (Å²) in [6.07, 6.45) is 7.73. The molecule has 0 amide bonds. The first kappa shape index (κ1) is 20.2. The molecule has 1 aliphatic heterocycles. The summed E-state index contributed by atoms with van der Waals surface area (Å²) in [4.78, 5) is 4.31. The van der Waals surface area contributed by atoms with Crippen molar-refractivity contribution in [2.45, 2.75) is 51.5 Å². The van der Waals surface area contributed by atoms with E-state index in [0.29, 0.717) is 0 Å². The van der Waals surface area contributed by atoms with Crippen LogP contribution >= 0.6 is 0 Å². The topological polar surface area (TPSA) is 76.4 Å². The molecule has 0 unspecified atom stereocenters. The number of methoxy groups -OCH3 is 1. The van der Waals surface area contributed by atoms with Crippen LogP contribution in [-0.4, -0.2) is 48.0 Å². The van der Waals surface area contributed by atoms with Gasteiger partial charge in [-0.15, -0.1) is 10.2 Å². The van der Waals surface area contributed by atoms with E-state index in [-0.39, 0.29) is 0 Å². The van der Waals surface area contributed by atoms with Crippen molar-refractivity contribution in [2.24, 2.45) is 4.99 Å². The second-order valence-electron chi connectivity index (χ2n) is 7.12. The molecule has 0 aliphatic carbocycles. The Bertz CT molecular complexity index is 753. The van der Waals surface area contributed by atoms with Crippen molar-refractivity contribution in [3.63, 3.8) is 0 Å². The van der Waals surface area contributed by atoms with E-state index in [1.165, 1.54) is 24.8 Å². The van der Waals surface area contributed by atoms with Crippen LogP contribution in [0.25, 0.3) is 0 Å². The first-order valence-electron chi connectivity index (χ1n) is 10.3. The predicted octanol–water partition coefficient (Wildman–Crippen LogP) is 2.35. The lowest BCUT2D eigenvalue weighted by Gasteiger charge is -2.12. The van der Waals surface area contributed by atoms with E-state index >= 15 is 0 Å². The van der Waals surface area contributed by atoms with Gasteiger partial charge in [0.15, 0.2) is 5.96 Å². The summed E-state index contributed by atoms with van der Waals surface area (Å²) in [6.45, 7) is 2.77. The quantitative estimate of drug-likeness (QED) is 0.415. The van der Waals surface area contributed by atoms with E-state index in [1.54, 1.807) is 14.2 Å². The van der Waals surface area contributed by atoms with Crippen LogP contribution < -0.4 is 15.4 Å². The van der Waals surface area contributed by atoms with Gasteiger partial charge in [-0.25, -0.2) is 0 Å². The molecule has 3 rings (SSSR count). The number of nitrogens with zero attached hydrogens (tertiary/aromatic N) is 4. The average Bonchev–Trinajstić information content (AvgIpc) is 2.96. The lowest BCUT2D eigenvalue weighted by Crippen LogP contribution is -2.38. The summed E-state index contributed by atoms with van der Waals surface area (Å²) in [5.74, 6) is 4.02. The Hall–Kier alpha value is -2.57. The number of ether oxygens (including phenoxy) is 1. The summed E-state index contributed by atoms with van der Waals surface area (Å²) in [7, 11) is 3.49. The summed E-state index contributed by atoms with van der Waals surface area (Å²) in [5.41, 5.74) is 1.27. The molecule has 1 aliphatic rings. The minimum absolute atomic E-state index is 0.837. The molecule has 0 saturated carbocycles. The molecule has 0 bridgehead atoms. The number of rotatable bonds is 8. The molecule has 7 heteroatoms. The summed E-state index contributed by atoms with van der Waals surface area (Å²) in [6, 6.07) is 8.18. The number of aliphatic imine (C=N–C) groups is 1. The van der Waals surface area contributed by atoms with Gasteiger partial charge in [0.2, 0.25) is 0 Å². The smallest absolute Gasteiger partial charge is 0.190 e. The maximum absolute atomic E-state index is 5.19. The Morgan fingerprint density at radius 2 is 1.89 bits per heavy atom. The van der Waals surface area contributed by atoms with Gasteiger partial charge >= 0.3 is 0 Å². The molecule has 28 heavy (non-hydrogen) atoms. The van der Waals surface area contributed by atoms with E-state index in [0.717, 1.165) is 68.7 Å². The van der Waals surface area contributed by atoms with Gasteiger partial charge < -0.3 is 19.9 Å². The normalized spacial score (nSPS) is 14.3. The zero-order valence-corrected chi connectivity index (χ0v) is 17.1. The SMILES string of the molecule is CN=C(NCCCc1nnc2n1CCCCC2)NCCc1ccc(OC)cc1. The fourth-order valence-electron chi connectivity index (χ4n) is 3.52. The average molecular weight is 385 g/mol. The van der Waals surface area contributed by atoms with Gasteiger partial charge in [-0.1, -0.05) is 18.6 Å². The molecule has 2 heterocycles. The molecule has 0 radical (unpaired) electrons. The Morgan fingerprint density at radius 1 is 1.07 bits per heavy atom. The maximum Gasteiger partial charge on any atom is 0.190 e. The van der Waals surface area contributed by atoms with Crippen LogP contribution in [0.3, 0.4) is 0 Å². The number of hydrogen-bond donors (Lipinski definition) is 2. The number of guanidine groups is 1. The largest absolute Gasteiger partial charge is 0.497 e. The molecule has 2 aromatic rings. The van der Waals surface area contributed by atoms with Crippen LogP contribution in [0.5, 0.6) is 5.75 Å². The molecule has 0 atom stereocenters. The first-order chi connectivity index (χ1) is 13.8. The van der Waals surface area contributed by atoms with Crippen LogP contribution in [0.1, 0.15) is 42.9 Å². The zero-order chi connectivity index (χ0) is 19.6. The fourth-order valence-corrected chi connectivity index (χ4v) is 3.52. The maximum atomic E-state index is 5.19. The van der Waals surface area contributed by atoms with Gasteiger partial charge in [-0.2, -0.15) is 0 Å². The third-order valence-electron chi connectivity index (χ3n) is 5.14. The lowest BCUT2D eigenvalue weighted by molar-refractivity contribution is 0.414. The lowest BCUT2D eigenvalue weighted by atomic mass is 10.1. The zero-order valence-electron chi connectivity index (χ0n) is 17.1. The molecule has 0 spiro atoms. The van der Waals surface area contributed by atoms with E-state index in [9.17, 15) is 0 Å². The molecule has 1 aromatic heterocycles. The van der Waals surface area contributed by atoms with Gasteiger partial charge in [-0.05, 0) is 43.4 Å². The highest BCUT2D eigenvalue weighted by Crippen LogP contribution is 2.15. The molecular formula is C21H32N6O. The third-order valence-corrected chi connectivity index (χ3v) is 5.14. The monoisotopic (exact) mass is 384 g/mol. The van der Waals surface area contributed by atoms with Gasteiger partial charge in [0.1, 0.15) is 17.4 Å². The van der Waals surface area contributed by atoms with Gasteiger partial charge in [-0.3, -0.25) is 4.99 Å². The molecule has 7 nitrogen and oxygen atoms in total. The van der Waals surface area contributed by atoms with Crippen LogP contribution in [0, 0.1) is 0 Å². The number of nitrogens with one attached hydrogen (secondary N) is 2. The second kappa shape index (κ2) is 10.7. The highest BCUT2D eigenvalue weighted by atomic mass is 16.5. The number of hydrogen-bond acceptors (Lipinski definition) is 4. The van der Waals surface area contributed by atoms with Crippen molar-refractivity contribution in [1.82, 2.24) is 25.4 Å². The van der Waals surface area contributed by atoms with E-state index in [1.807, 2.05) is 12.1 Å². The minimum atomic E-state index is 0.837. The molecule has 152 valence electrons. The minimum Gasteiger partial charge on any atom is -0.497 e. The first-order valence-corrected chi connectivity index (χ1v) is 10.3. The molecule has 0 fully saturated rings. The van der Waals surface area contributed by atoms with Crippen molar-refractivity contribution in [2.75, 3.05) is 27.2 Å². The molecule has 2 N–H and O–H groups in total. The number of benzene rings is 1. The Morgan fingerprint density at radius 3 is 2.68 bits per heavy atom. The Kier molecular flexibility index (Phi) is 7.70. The Labute approximate surface area is 167 Å². The number of fused-ring (bicyclic) bond motifs is 1. The fraction of sp³-hybridized carbons (Fsp3) is 0.571. The number of aromatic nitrogens is 3. The van der Waals surface area contributed by atoms with E-state index in [4.69, 9.17) is 4.74 Å². The van der Waals surface area contributed by atoms with Crippen LogP contribution in [0.2, 0.25) is 0 Å². The van der Waals surface area contributed by atoms with E-state index < -0.39 is 0 Å². The van der Waals surface area contributed by atoms with Crippen molar-refractivity contribution >= 4 is 5.96 Å². The van der Waals surface area contributed by atoms with Crippen LogP contribution in [-0.2, 0) is 25.8 Å². The summed E-state index contributed by atoms with van der Waals surface area (Å²) in [5, 5.41) is 15.5. The summed E-state index contributed by atoms with van der Waals surface area (Å²) >= 11 is 0. The van der Waals surface area contributed by atoms with Gasteiger partial charge in [0.05, 0.1) is 7.11 Å². The highest BCUT2D eigenvalue weighted by molar-refractivity contribution is 5.79. The van der Waals surface area contributed by atoms with Crippen molar-refractivity contribution < 1.29 is 4.74 Å². The number of aryl methyl sites for hydroxylation is 2. The van der Waals surface area contributed by atoms with Crippen LogP contribution in [0.4, 0.5) is 0 Å². The van der Waals surface area contributed by atoms with Crippen molar-refractivity contribution in [1.29, 1.82) is 0 Å². The molecule has 0 saturated heterocycles. The highest BCUT2D eigenvalue weighted by Gasteiger charge is 2.14. The van der Waals surface area contributed by atoms with Crippen molar-refractivity contribution in [3.05, 3.63) is 41.5 Å². The van der Waals surface area contributed by atoms with E-state index in [2.05, 4.69) is 42.5 Å². The van der Waals surface area contributed by atoms with Crippen LogP contribution in [0.15, 0.2) is 29.3 Å². The standard InChI is InChI=1S/C21H32N6O/c1-22-21(24-15-13-17-9-11-18(28-2)12-10-17)23-14-6-8-20-26-25-19-7-4-3-5-16-27(19)20/h9-12H,3-8,13-16H2,1-2H3,(H2,22,23,24).